The number of hydrogen-bond donors (Lipinski definition) is 2. The largest absolute Gasteiger partial charge is 0.389 e. The van der Waals surface area contributed by atoms with Crippen LogP contribution < -0.4 is 11.1 Å². The molecule has 0 unspecified atom stereocenters. The molecule has 0 bridgehead atoms. The molecule has 82 valence electrons. The first kappa shape index (κ1) is 12.0. The van der Waals surface area contributed by atoms with Gasteiger partial charge in [0.05, 0.1) is 0 Å². The van der Waals surface area contributed by atoms with E-state index in [2.05, 4.69) is 5.32 Å². The Hall–Kier alpha value is -1.08. The molecule has 1 aliphatic carbocycles. The Bertz CT molecular complexity index is 308. The molecule has 3 N–H and O–H groups in total. The van der Waals surface area contributed by atoms with Crippen molar-refractivity contribution in [1.82, 2.24) is 5.32 Å². The molecule has 0 amide bonds. The van der Waals surface area contributed by atoms with Gasteiger partial charge in [0.2, 0.25) is 0 Å². The number of hydrogen-bond acceptors (Lipinski definition) is 3. The van der Waals surface area contributed by atoms with Crippen LogP contribution in [-0.4, -0.2) is 11.0 Å². The lowest BCUT2D eigenvalue weighted by atomic mass is 9.95. The summed E-state index contributed by atoms with van der Waals surface area (Å²) in [5.74, 6) is 0. The minimum atomic E-state index is 0.179. The summed E-state index contributed by atoms with van der Waals surface area (Å²) in [6.45, 7) is 1.87. The van der Waals surface area contributed by atoms with Crippen LogP contribution in [0.15, 0.2) is 11.3 Å². The van der Waals surface area contributed by atoms with Crippen molar-refractivity contribution in [3.05, 3.63) is 11.3 Å². The van der Waals surface area contributed by atoms with E-state index in [0.29, 0.717) is 11.6 Å². The third kappa shape index (κ3) is 3.52. The van der Waals surface area contributed by atoms with Crippen molar-refractivity contribution in [1.29, 1.82) is 5.26 Å². The first-order valence-electron chi connectivity index (χ1n) is 5.32. The zero-order valence-electron chi connectivity index (χ0n) is 9.05. The van der Waals surface area contributed by atoms with Gasteiger partial charge in [0.15, 0.2) is 0 Å². The molecule has 1 saturated carbocycles. The summed E-state index contributed by atoms with van der Waals surface area (Å²) in [5.41, 5.74) is 6.69. The predicted octanol–water partition coefficient (Wildman–Crippen LogP) is 1.99. The van der Waals surface area contributed by atoms with Gasteiger partial charge in [-0.15, -0.1) is 0 Å². The second kappa shape index (κ2) is 5.72. The van der Waals surface area contributed by atoms with Crippen molar-refractivity contribution < 1.29 is 0 Å². The van der Waals surface area contributed by atoms with Gasteiger partial charge in [0.1, 0.15) is 16.6 Å². The molecule has 0 aliphatic heterocycles. The second-order valence-electron chi connectivity index (χ2n) is 3.96. The highest BCUT2D eigenvalue weighted by molar-refractivity contribution is 7.80. The van der Waals surface area contributed by atoms with Crippen LogP contribution in [0.25, 0.3) is 0 Å². The fourth-order valence-electron chi connectivity index (χ4n) is 1.95. The minimum Gasteiger partial charge on any atom is -0.389 e. The molecule has 1 aliphatic rings. The van der Waals surface area contributed by atoms with Gasteiger partial charge in [-0.25, -0.2) is 0 Å². The van der Waals surface area contributed by atoms with Crippen LogP contribution in [0.2, 0.25) is 0 Å². The first-order chi connectivity index (χ1) is 7.15. The van der Waals surface area contributed by atoms with E-state index < -0.39 is 0 Å². The molecule has 0 radical (unpaired) electrons. The zero-order chi connectivity index (χ0) is 11.3. The summed E-state index contributed by atoms with van der Waals surface area (Å²) in [6, 6.07) is 2.52. The molecule has 15 heavy (non-hydrogen) atoms. The molecule has 0 aromatic heterocycles. The van der Waals surface area contributed by atoms with Crippen molar-refractivity contribution in [2.24, 2.45) is 5.73 Å². The second-order valence-corrected chi connectivity index (χ2v) is 4.40. The van der Waals surface area contributed by atoms with E-state index in [0.717, 1.165) is 5.70 Å². The van der Waals surface area contributed by atoms with Gasteiger partial charge in [0, 0.05) is 11.7 Å². The van der Waals surface area contributed by atoms with E-state index in [9.17, 15) is 0 Å². The smallest absolute Gasteiger partial charge is 0.116 e. The van der Waals surface area contributed by atoms with Gasteiger partial charge in [0.25, 0.3) is 0 Å². The number of thiocarbonyl (C=S) groups is 1. The number of nitrogens with zero attached hydrogens (tertiary/aromatic N) is 1. The lowest BCUT2D eigenvalue weighted by Crippen LogP contribution is -2.31. The van der Waals surface area contributed by atoms with E-state index >= 15 is 0 Å². The van der Waals surface area contributed by atoms with Gasteiger partial charge in [-0.05, 0) is 19.8 Å². The quantitative estimate of drug-likeness (QED) is 0.436. The van der Waals surface area contributed by atoms with Crippen molar-refractivity contribution >= 4 is 17.2 Å². The highest BCUT2D eigenvalue weighted by atomic mass is 32.1. The summed E-state index contributed by atoms with van der Waals surface area (Å²) in [4.78, 5) is 0.179. The van der Waals surface area contributed by atoms with Crippen LogP contribution in [0.4, 0.5) is 0 Å². The SMILES string of the molecule is C/C(NC1CCCCC1)=C(\C#N)C(N)=S. The fourth-order valence-corrected chi connectivity index (χ4v) is 2.15. The lowest BCUT2D eigenvalue weighted by Gasteiger charge is -2.24. The van der Waals surface area contributed by atoms with Crippen molar-refractivity contribution in [3.8, 4) is 6.07 Å². The van der Waals surface area contributed by atoms with E-state index in [-0.39, 0.29) is 4.99 Å². The zero-order valence-corrected chi connectivity index (χ0v) is 9.86. The van der Waals surface area contributed by atoms with Crippen LogP contribution in [0, 0.1) is 11.3 Å². The Kier molecular flexibility index (Phi) is 4.57. The monoisotopic (exact) mass is 223 g/mol. The molecule has 0 saturated heterocycles. The fraction of sp³-hybridized carbons (Fsp3) is 0.636. The van der Waals surface area contributed by atoms with Gasteiger partial charge in [-0.3, -0.25) is 0 Å². The first-order valence-corrected chi connectivity index (χ1v) is 5.73. The maximum absolute atomic E-state index is 8.88. The highest BCUT2D eigenvalue weighted by Crippen LogP contribution is 2.18. The van der Waals surface area contributed by atoms with Crippen LogP contribution in [-0.2, 0) is 0 Å². The van der Waals surface area contributed by atoms with E-state index in [1.807, 2.05) is 13.0 Å². The molecule has 0 aromatic rings. The number of nitrogens with two attached hydrogens (primary N) is 1. The molecule has 0 heterocycles. The Balaban J connectivity index is 2.63. The van der Waals surface area contributed by atoms with Gasteiger partial charge >= 0.3 is 0 Å². The normalized spacial score (nSPS) is 18.9. The highest BCUT2D eigenvalue weighted by Gasteiger charge is 2.14. The van der Waals surface area contributed by atoms with E-state index in [4.69, 9.17) is 23.2 Å². The summed E-state index contributed by atoms with van der Waals surface area (Å²) in [5, 5.41) is 12.2. The Labute approximate surface area is 96.3 Å². The van der Waals surface area contributed by atoms with Gasteiger partial charge in [-0.2, -0.15) is 5.26 Å². The van der Waals surface area contributed by atoms with Crippen molar-refractivity contribution in [2.75, 3.05) is 0 Å². The summed E-state index contributed by atoms with van der Waals surface area (Å²) >= 11 is 4.82. The molecular weight excluding hydrogens is 206 g/mol. The maximum Gasteiger partial charge on any atom is 0.116 e. The van der Waals surface area contributed by atoms with Gasteiger partial charge < -0.3 is 11.1 Å². The maximum atomic E-state index is 8.88. The van der Waals surface area contributed by atoms with Crippen molar-refractivity contribution in [3.63, 3.8) is 0 Å². The van der Waals surface area contributed by atoms with Gasteiger partial charge in [-0.1, -0.05) is 31.5 Å². The third-order valence-electron chi connectivity index (χ3n) is 2.76. The third-order valence-corrected chi connectivity index (χ3v) is 2.96. The minimum absolute atomic E-state index is 0.179. The molecule has 3 nitrogen and oxygen atoms in total. The molecule has 1 rings (SSSR count). The lowest BCUT2D eigenvalue weighted by molar-refractivity contribution is 0.396. The number of rotatable bonds is 3. The van der Waals surface area contributed by atoms with Crippen molar-refractivity contribution in [2.45, 2.75) is 45.1 Å². The molecule has 0 spiro atoms. The summed E-state index contributed by atoms with van der Waals surface area (Å²) in [6.07, 6.45) is 6.20. The Morgan fingerprint density at radius 3 is 2.47 bits per heavy atom. The van der Waals surface area contributed by atoms with Crippen LogP contribution in [0.5, 0.6) is 0 Å². The molecule has 0 aromatic carbocycles. The molecule has 1 fully saturated rings. The van der Waals surface area contributed by atoms with E-state index in [1.165, 1.54) is 32.1 Å². The average molecular weight is 223 g/mol. The number of allylic oxidation sites excluding steroid dienone is 1. The average Bonchev–Trinajstić information content (AvgIpc) is 2.19. The molecule has 4 heteroatoms. The standard InChI is InChI=1S/C11H17N3S/c1-8(10(7-12)11(13)15)14-9-5-3-2-4-6-9/h9,14H,2-6H2,1H3,(H2,13,15)/b10-8-. The predicted molar refractivity (Wildman–Crippen MR) is 65.1 cm³/mol. The molecular formula is C11H17N3S. The number of nitriles is 1. The number of nitrogens with one attached hydrogen (secondary N) is 1. The topological polar surface area (TPSA) is 61.8 Å². The molecule has 0 atom stereocenters. The Morgan fingerprint density at radius 2 is 2.00 bits per heavy atom. The summed E-state index contributed by atoms with van der Waals surface area (Å²) in [7, 11) is 0. The van der Waals surface area contributed by atoms with Crippen LogP contribution >= 0.6 is 12.2 Å². The van der Waals surface area contributed by atoms with E-state index in [1.54, 1.807) is 0 Å². The van der Waals surface area contributed by atoms with Crippen LogP contribution in [0.1, 0.15) is 39.0 Å². The van der Waals surface area contributed by atoms with Crippen LogP contribution in [0.3, 0.4) is 0 Å². The summed E-state index contributed by atoms with van der Waals surface area (Å²) < 4.78 is 0. The Morgan fingerprint density at radius 1 is 1.40 bits per heavy atom.